The molecular weight excluding hydrogens is 184 g/mol. The SMILES string of the molecule is O=C1C=C(CO)CC2(CC1)OCCO2. The van der Waals surface area contributed by atoms with Gasteiger partial charge in [-0.05, 0) is 11.6 Å². The highest BCUT2D eigenvalue weighted by Gasteiger charge is 2.38. The Bertz CT molecular complexity index is 263. The van der Waals surface area contributed by atoms with E-state index in [1.807, 2.05) is 0 Å². The average Bonchev–Trinajstić information content (AvgIpc) is 2.56. The fourth-order valence-electron chi connectivity index (χ4n) is 1.94. The van der Waals surface area contributed by atoms with Crippen molar-refractivity contribution in [2.75, 3.05) is 19.8 Å². The fourth-order valence-corrected chi connectivity index (χ4v) is 1.94. The second-order valence-electron chi connectivity index (χ2n) is 3.71. The van der Waals surface area contributed by atoms with Crippen molar-refractivity contribution in [3.63, 3.8) is 0 Å². The van der Waals surface area contributed by atoms with Gasteiger partial charge in [-0.2, -0.15) is 0 Å². The number of aliphatic hydroxyl groups is 1. The molecule has 0 radical (unpaired) electrons. The molecule has 1 aliphatic heterocycles. The Morgan fingerprint density at radius 3 is 2.79 bits per heavy atom. The van der Waals surface area contributed by atoms with Gasteiger partial charge in [0.15, 0.2) is 11.6 Å². The first-order valence-corrected chi connectivity index (χ1v) is 4.85. The number of ketones is 1. The summed E-state index contributed by atoms with van der Waals surface area (Å²) in [5.74, 6) is -0.592. The van der Waals surface area contributed by atoms with Gasteiger partial charge in [0.1, 0.15) is 0 Å². The van der Waals surface area contributed by atoms with Crippen LogP contribution in [0, 0.1) is 0 Å². The Morgan fingerprint density at radius 2 is 2.14 bits per heavy atom. The summed E-state index contributed by atoms with van der Waals surface area (Å²) < 4.78 is 11.0. The maximum atomic E-state index is 11.3. The van der Waals surface area contributed by atoms with Crippen LogP contribution in [0.2, 0.25) is 0 Å². The Morgan fingerprint density at radius 1 is 1.43 bits per heavy atom. The van der Waals surface area contributed by atoms with E-state index in [1.54, 1.807) is 0 Å². The van der Waals surface area contributed by atoms with Gasteiger partial charge in [-0.1, -0.05) is 0 Å². The number of hydrogen-bond acceptors (Lipinski definition) is 4. The molecule has 0 unspecified atom stereocenters. The minimum Gasteiger partial charge on any atom is -0.392 e. The molecule has 2 aliphatic rings. The number of rotatable bonds is 1. The van der Waals surface area contributed by atoms with Crippen molar-refractivity contribution in [2.45, 2.75) is 25.0 Å². The summed E-state index contributed by atoms with van der Waals surface area (Å²) in [6.07, 6.45) is 3.05. The topological polar surface area (TPSA) is 55.8 Å². The monoisotopic (exact) mass is 198 g/mol. The van der Waals surface area contributed by atoms with Crippen LogP contribution < -0.4 is 0 Å². The molecular formula is C10H14O4. The summed E-state index contributed by atoms with van der Waals surface area (Å²) in [7, 11) is 0. The van der Waals surface area contributed by atoms with E-state index < -0.39 is 5.79 Å². The summed E-state index contributed by atoms with van der Waals surface area (Å²) in [6, 6.07) is 0. The number of allylic oxidation sites excluding steroid dienone is 1. The van der Waals surface area contributed by atoms with Crippen molar-refractivity contribution in [3.8, 4) is 0 Å². The molecule has 1 aliphatic carbocycles. The van der Waals surface area contributed by atoms with Gasteiger partial charge >= 0.3 is 0 Å². The van der Waals surface area contributed by atoms with Crippen LogP contribution in [0.15, 0.2) is 11.6 Å². The van der Waals surface area contributed by atoms with Crippen LogP contribution in [0.4, 0.5) is 0 Å². The van der Waals surface area contributed by atoms with E-state index in [0.717, 1.165) is 0 Å². The van der Waals surface area contributed by atoms with Gasteiger partial charge in [0, 0.05) is 19.3 Å². The van der Waals surface area contributed by atoms with E-state index in [4.69, 9.17) is 14.6 Å². The van der Waals surface area contributed by atoms with Crippen LogP contribution in [0.25, 0.3) is 0 Å². The standard InChI is InChI=1S/C10H14O4/c11-7-8-5-9(12)1-2-10(6-8)13-3-4-14-10/h5,11H,1-4,6-7H2. The largest absolute Gasteiger partial charge is 0.392 e. The minimum atomic E-state index is -0.638. The Labute approximate surface area is 82.5 Å². The van der Waals surface area contributed by atoms with Crippen molar-refractivity contribution < 1.29 is 19.4 Å². The lowest BCUT2D eigenvalue weighted by Gasteiger charge is -2.26. The fraction of sp³-hybridized carbons (Fsp3) is 0.700. The lowest BCUT2D eigenvalue weighted by Crippen LogP contribution is -2.30. The third kappa shape index (κ3) is 1.87. The van der Waals surface area contributed by atoms with E-state index in [9.17, 15) is 4.79 Å². The molecule has 14 heavy (non-hydrogen) atoms. The predicted molar refractivity (Wildman–Crippen MR) is 48.7 cm³/mol. The second-order valence-corrected chi connectivity index (χ2v) is 3.71. The maximum absolute atomic E-state index is 11.3. The first-order chi connectivity index (χ1) is 6.74. The van der Waals surface area contributed by atoms with Crippen molar-refractivity contribution in [1.29, 1.82) is 0 Å². The number of aliphatic hydroxyl groups excluding tert-OH is 1. The molecule has 2 rings (SSSR count). The Balaban J connectivity index is 2.16. The number of ether oxygens (including phenoxy) is 2. The van der Waals surface area contributed by atoms with E-state index in [1.165, 1.54) is 6.08 Å². The number of carbonyl (C=O) groups is 1. The minimum absolute atomic E-state index is 0.0463. The highest BCUT2D eigenvalue weighted by molar-refractivity contribution is 5.90. The third-order valence-electron chi connectivity index (χ3n) is 2.63. The highest BCUT2D eigenvalue weighted by Crippen LogP contribution is 2.33. The summed E-state index contributed by atoms with van der Waals surface area (Å²) in [5.41, 5.74) is 0.703. The van der Waals surface area contributed by atoms with Crippen molar-refractivity contribution >= 4 is 5.78 Å². The van der Waals surface area contributed by atoms with E-state index in [-0.39, 0.29) is 12.4 Å². The summed E-state index contributed by atoms with van der Waals surface area (Å²) >= 11 is 0. The third-order valence-corrected chi connectivity index (χ3v) is 2.63. The number of hydrogen-bond donors (Lipinski definition) is 1. The van der Waals surface area contributed by atoms with Crippen molar-refractivity contribution in [3.05, 3.63) is 11.6 Å². The summed E-state index contributed by atoms with van der Waals surface area (Å²) in [5, 5.41) is 9.05. The molecule has 1 saturated heterocycles. The predicted octanol–water partition coefficient (Wildman–Crippen LogP) is 0.401. The summed E-state index contributed by atoms with van der Waals surface area (Å²) in [4.78, 5) is 11.3. The molecule has 1 heterocycles. The molecule has 1 fully saturated rings. The quantitative estimate of drug-likeness (QED) is 0.662. The molecule has 4 heteroatoms. The molecule has 0 saturated carbocycles. The smallest absolute Gasteiger partial charge is 0.172 e. The van der Waals surface area contributed by atoms with Gasteiger partial charge in [-0.25, -0.2) is 0 Å². The summed E-state index contributed by atoms with van der Waals surface area (Å²) in [6.45, 7) is 1.06. The lowest BCUT2D eigenvalue weighted by atomic mass is 10.0. The van der Waals surface area contributed by atoms with E-state index >= 15 is 0 Å². The zero-order valence-electron chi connectivity index (χ0n) is 7.99. The Kier molecular flexibility index (Phi) is 2.67. The molecule has 0 amide bonds. The van der Waals surface area contributed by atoms with Crippen LogP contribution in [-0.2, 0) is 14.3 Å². The van der Waals surface area contributed by atoms with Gasteiger partial charge in [0.25, 0.3) is 0 Å². The van der Waals surface area contributed by atoms with Crippen LogP contribution in [0.5, 0.6) is 0 Å². The molecule has 0 aromatic rings. The highest BCUT2D eigenvalue weighted by atomic mass is 16.7. The van der Waals surface area contributed by atoms with Gasteiger partial charge in [-0.3, -0.25) is 4.79 Å². The van der Waals surface area contributed by atoms with Gasteiger partial charge in [-0.15, -0.1) is 0 Å². The Hall–Kier alpha value is -0.710. The first-order valence-electron chi connectivity index (χ1n) is 4.85. The van der Waals surface area contributed by atoms with Crippen molar-refractivity contribution in [2.24, 2.45) is 0 Å². The normalized spacial score (nSPS) is 26.4. The molecule has 4 nitrogen and oxygen atoms in total. The molecule has 0 atom stereocenters. The van der Waals surface area contributed by atoms with E-state index in [0.29, 0.717) is 38.0 Å². The van der Waals surface area contributed by atoms with Crippen LogP contribution in [0.3, 0.4) is 0 Å². The van der Waals surface area contributed by atoms with Gasteiger partial charge in [0.2, 0.25) is 0 Å². The molecule has 0 bridgehead atoms. The van der Waals surface area contributed by atoms with E-state index in [2.05, 4.69) is 0 Å². The van der Waals surface area contributed by atoms with Crippen molar-refractivity contribution in [1.82, 2.24) is 0 Å². The molecule has 0 aromatic heterocycles. The first kappa shape index (κ1) is 9.83. The lowest BCUT2D eigenvalue weighted by molar-refractivity contribution is -0.162. The number of carbonyl (C=O) groups excluding carboxylic acids is 1. The van der Waals surface area contributed by atoms with Gasteiger partial charge in [0.05, 0.1) is 19.8 Å². The van der Waals surface area contributed by atoms with Crippen LogP contribution in [0.1, 0.15) is 19.3 Å². The average molecular weight is 198 g/mol. The molecule has 1 N–H and O–H groups in total. The molecule has 78 valence electrons. The van der Waals surface area contributed by atoms with Crippen LogP contribution >= 0.6 is 0 Å². The molecule has 0 aromatic carbocycles. The second kappa shape index (κ2) is 3.81. The zero-order chi connectivity index (χ0) is 10.0. The van der Waals surface area contributed by atoms with Gasteiger partial charge < -0.3 is 14.6 Å². The zero-order valence-corrected chi connectivity index (χ0v) is 7.99. The molecule has 1 spiro atoms. The maximum Gasteiger partial charge on any atom is 0.172 e. The van der Waals surface area contributed by atoms with Crippen LogP contribution in [-0.4, -0.2) is 36.5 Å².